The number of fused-ring (bicyclic) bond motifs is 1. The predicted molar refractivity (Wildman–Crippen MR) is 76.7 cm³/mol. The minimum Gasteiger partial charge on any atom is -0.354 e. The highest BCUT2D eigenvalue weighted by molar-refractivity contribution is 7.91. The molecular formula is C12H14F3N5O2S. The van der Waals surface area contributed by atoms with Gasteiger partial charge in [-0.15, -0.1) is 0 Å². The molecular weight excluding hydrogens is 335 g/mol. The number of hydrogen-bond donors (Lipinski definition) is 0. The number of sulfone groups is 1. The van der Waals surface area contributed by atoms with Crippen LogP contribution in [0.4, 0.5) is 19.0 Å². The predicted octanol–water partition coefficient (Wildman–Crippen LogP) is 0.775. The van der Waals surface area contributed by atoms with Crippen molar-refractivity contribution in [3.63, 3.8) is 0 Å². The van der Waals surface area contributed by atoms with Crippen molar-refractivity contribution >= 4 is 26.7 Å². The zero-order valence-corrected chi connectivity index (χ0v) is 13.1. The molecule has 1 saturated heterocycles. The molecule has 0 radical (unpaired) electrons. The Morgan fingerprint density at radius 2 is 1.96 bits per heavy atom. The van der Waals surface area contributed by atoms with Crippen LogP contribution in [-0.4, -0.2) is 58.9 Å². The molecule has 0 aromatic carbocycles. The van der Waals surface area contributed by atoms with Gasteiger partial charge < -0.3 is 4.90 Å². The lowest BCUT2D eigenvalue weighted by Crippen LogP contribution is -2.37. The summed E-state index contributed by atoms with van der Waals surface area (Å²) in [7, 11) is -2.20. The van der Waals surface area contributed by atoms with Crippen LogP contribution in [0.3, 0.4) is 0 Å². The standard InChI is InChI=1S/C12H14F3N5O2S/c1-19-10-7(3-18-19)11(17-6-16-10)20-4-8(12(13,14)15)9(5-20)23(2,21)22/h3,6,8-9H,4-5H2,1-2H3/t8-,9-/m0/s1. The molecule has 3 heterocycles. The summed E-state index contributed by atoms with van der Waals surface area (Å²) in [6.07, 6.45) is -1.07. The fourth-order valence-electron chi connectivity index (χ4n) is 2.90. The molecule has 0 saturated carbocycles. The molecule has 2 aromatic rings. The van der Waals surface area contributed by atoms with Gasteiger partial charge in [-0.3, -0.25) is 4.68 Å². The van der Waals surface area contributed by atoms with Gasteiger partial charge in [-0.2, -0.15) is 18.3 Å². The molecule has 0 N–H and O–H groups in total. The average Bonchev–Trinajstić information content (AvgIpc) is 3.02. The van der Waals surface area contributed by atoms with E-state index in [4.69, 9.17) is 0 Å². The van der Waals surface area contributed by atoms with E-state index in [2.05, 4.69) is 15.1 Å². The fraction of sp³-hybridized carbons (Fsp3) is 0.583. The van der Waals surface area contributed by atoms with Crippen molar-refractivity contribution in [1.82, 2.24) is 19.7 Å². The molecule has 1 fully saturated rings. The van der Waals surface area contributed by atoms with Crippen LogP contribution in [0.5, 0.6) is 0 Å². The third kappa shape index (κ3) is 2.73. The number of anilines is 1. The van der Waals surface area contributed by atoms with Crippen LogP contribution in [0.25, 0.3) is 11.0 Å². The molecule has 0 amide bonds. The molecule has 0 unspecified atom stereocenters. The second-order valence-corrected chi connectivity index (χ2v) is 7.89. The van der Waals surface area contributed by atoms with Crippen molar-refractivity contribution in [2.75, 3.05) is 24.2 Å². The summed E-state index contributed by atoms with van der Waals surface area (Å²) in [6.45, 7) is -0.716. The Hall–Kier alpha value is -1.91. The molecule has 3 rings (SSSR count). The normalized spacial score (nSPS) is 22.9. The van der Waals surface area contributed by atoms with Crippen LogP contribution in [-0.2, 0) is 16.9 Å². The summed E-state index contributed by atoms with van der Waals surface area (Å²) >= 11 is 0. The summed E-state index contributed by atoms with van der Waals surface area (Å²) in [5.74, 6) is -1.68. The van der Waals surface area contributed by atoms with Gasteiger partial charge >= 0.3 is 6.18 Å². The second-order valence-electron chi connectivity index (χ2n) is 5.62. The highest BCUT2D eigenvalue weighted by Gasteiger charge is 2.53. The van der Waals surface area contributed by atoms with E-state index in [-0.39, 0.29) is 12.4 Å². The van der Waals surface area contributed by atoms with E-state index in [1.54, 1.807) is 7.05 Å². The maximum atomic E-state index is 13.2. The molecule has 23 heavy (non-hydrogen) atoms. The van der Waals surface area contributed by atoms with E-state index in [0.29, 0.717) is 11.0 Å². The van der Waals surface area contributed by atoms with Crippen LogP contribution in [0, 0.1) is 5.92 Å². The number of aryl methyl sites for hydroxylation is 1. The number of hydrogen-bond acceptors (Lipinski definition) is 6. The minimum absolute atomic E-state index is 0.260. The molecule has 126 valence electrons. The molecule has 0 aliphatic carbocycles. The summed E-state index contributed by atoms with van der Waals surface area (Å²) < 4.78 is 64.6. The third-order valence-corrected chi connectivity index (χ3v) is 5.62. The van der Waals surface area contributed by atoms with Crippen molar-refractivity contribution < 1.29 is 21.6 Å². The zero-order valence-electron chi connectivity index (χ0n) is 12.3. The summed E-state index contributed by atoms with van der Waals surface area (Å²) in [5, 5.41) is 2.99. The smallest absolute Gasteiger partial charge is 0.354 e. The Morgan fingerprint density at radius 1 is 1.26 bits per heavy atom. The lowest BCUT2D eigenvalue weighted by molar-refractivity contribution is -0.167. The van der Waals surface area contributed by atoms with E-state index < -0.39 is 33.7 Å². The van der Waals surface area contributed by atoms with Gasteiger partial charge in [-0.1, -0.05) is 0 Å². The number of alkyl halides is 3. The Bertz CT molecular complexity index is 848. The van der Waals surface area contributed by atoms with Crippen LogP contribution in [0.15, 0.2) is 12.5 Å². The van der Waals surface area contributed by atoms with Gasteiger partial charge in [-0.05, 0) is 0 Å². The molecule has 0 spiro atoms. The van der Waals surface area contributed by atoms with Gasteiger partial charge in [0.25, 0.3) is 0 Å². The van der Waals surface area contributed by atoms with E-state index in [0.717, 1.165) is 6.26 Å². The van der Waals surface area contributed by atoms with Crippen molar-refractivity contribution in [3.8, 4) is 0 Å². The van der Waals surface area contributed by atoms with Gasteiger partial charge in [0.15, 0.2) is 15.5 Å². The molecule has 0 bridgehead atoms. The van der Waals surface area contributed by atoms with Crippen LogP contribution in [0.1, 0.15) is 0 Å². The number of rotatable bonds is 2. The molecule has 2 aromatic heterocycles. The SMILES string of the molecule is Cn1ncc2c(N3C[C@H](C(F)(F)F)[C@@H](S(C)(=O)=O)C3)ncnc21. The van der Waals surface area contributed by atoms with Gasteiger partial charge in [0.1, 0.15) is 12.1 Å². The van der Waals surface area contributed by atoms with Gasteiger partial charge in [-0.25, -0.2) is 18.4 Å². The van der Waals surface area contributed by atoms with Crippen molar-refractivity contribution in [2.45, 2.75) is 11.4 Å². The topological polar surface area (TPSA) is 81.0 Å². The molecule has 1 aliphatic rings. The zero-order chi connectivity index (χ0) is 17.0. The van der Waals surface area contributed by atoms with Gasteiger partial charge in [0.2, 0.25) is 0 Å². The lowest BCUT2D eigenvalue weighted by atomic mass is 10.1. The Morgan fingerprint density at radius 3 is 2.52 bits per heavy atom. The monoisotopic (exact) mass is 349 g/mol. The number of halogens is 3. The first-order chi connectivity index (χ1) is 10.6. The highest BCUT2D eigenvalue weighted by Crippen LogP contribution is 2.39. The van der Waals surface area contributed by atoms with E-state index in [1.165, 1.54) is 22.1 Å². The summed E-state index contributed by atoms with van der Waals surface area (Å²) in [4.78, 5) is 9.41. The van der Waals surface area contributed by atoms with Gasteiger partial charge in [0, 0.05) is 26.4 Å². The van der Waals surface area contributed by atoms with E-state index in [1.807, 2.05) is 0 Å². The quantitative estimate of drug-likeness (QED) is 0.797. The second kappa shape index (κ2) is 5.05. The third-order valence-electron chi connectivity index (χ3n) is 4.04. The Labute approximate surface area is 130 Å². The maximum absolute atomic E-state index is 13.2. The average molecular weight is 349 g/mol. The number of nitrogens with zero attached hydrogens (tertiary/aromatic N) is 5. The van der Waals surface area contributed by atoms with E-state index in [9.17, 15) is 21.6 Å². The van der Waals surface area contributed by atoms with Crippen molar-refractivity contribution in [2.24, 2.45) is 13.0 Å². The Kier molecular flexibility index (Phi) is 3.50. The first kappa shape index (κ1) is 16.0. The highest BCUT2D eigenvalue weighted by atomic mass is 32.2. The van der Waals surface area contributed by atoms with E-state index >= 15 is 0 Å². The van der Waals surface area contributed by atoms with Crippen LogP contribution in [0.2, 0.25) is 0 Å². The molecule has 1 aliphatic heterocycles. The lowest BCUT2D eigenvalue weighted by Gasteiger charge is -2.19. The summed E-state index contributed by atoms with van der Waals surface area (Å²) in [5.41, 5.74) is 0.473. The van der Waals surface area contributed by atoms with Crippen LogP contribution < -0.4 is 4.90 Å². The maximum Gasteiger partial charge on any atom is 0.394 e. The van der Waals surface area contributed by atoms with Gasteiger partial charge in [0.05, 0.1) is 22.8 Å². The largest absolute Gasteiger partial charge is 0.394 e. The molecule has 7 nitrogen and oxygen atoms in total. The fourth-order valence-corrected chi connectivity index (χ4v) is 4.18. The first-order valence-electron chi connectivity index (χ1n) is 6.72. The first-order valence-corrected chi connectivity index (χ1v) is 8.67. The Balaban J connectivity index is 2.04. The number of aromatic nitrogens is 4. The molecule has 2 atom stereocenters. The summed E-state index contributed by atoms with van der Waals surface area (Å²) in [6, 6.07) is 0. The molecule has 11 heteroatoms. The van der Waals surface area contributed by atoms with Crippen molar-refractivity contribution in [1.29, 1.82) is 0 Å². The minimum atomic E-state index is -4.59. The van der Waals surface area contributed by atoms with Crippen molar-refractivity contribution in [3.05, 3.63) is 12.5 Å². The van der Waals surface area contributed by atoms with Crippen LogP contribution >= 0.6 is 0 Å².